The SMILES string of the molecule is CC(C)O/N=C1\CCc2cc(C(C)(C)C)ccc21. The first-order chi connectivity index (χ1) is 8.38. The smallest absolute Gasteiger partial charge is 0.122 e. The van der Waals surface area contributed by atoms with Gasteiger partial charge in [-0.25, -0.2) is 0 Å². The van der Waals surface area contributed by atoms with E-state index in [1.54, 1.807) is 0 Å². The Morgan fingerprint density at radius 3 is 2.50 bits per heavy atom. The predicted molar refractivity (Wildman–Crippen MR) is 76.2 cm³/mol. The Morgan fingerprint density at radius 2 is 1.89 bits per heavy atom. The quantitative estimate of drug-likeness (QED) is 0.720. The summed E-state index contributed by atoms with van der Waals surface area (Å²) in [5.74, 6) is 0. The highest BCUT2D eigenvalue weighted by Gasteiger charge is 2.22. The van der Waals surface area contributed by atoms with Crippen LogP contribution in [0.3, 0.4) is 0 Å². The molecule has 0 heterocycles. The highest BCUT2D eigenvalue weighted by Crippen LogP contribution is 2.29. The first-order valence-electron chi connectivity index (χ1n) is 6.74. The van der Waals surface area contributed by atoms with E-state index in [0.717, 1.165) is 18.6 Å². The van der Waals surface area contributed by atoms with Crippen molar-refractivity contribution in [3.63, 3.8) is 0 Å². The van der Waals surface area contributed by atoms with Gasteiger partial charge in [0, 0.05) is 5.56 Å². The molecule has 0 spiro atoms. The maximum atomic E-state index is 5.37. The van der Waals surface area contributed by atoms with E-state index >= 15 is 0 Å². The molecule has 0 radical (unpaired) electrons. The Balaban J connectivity index is 2.28. The number of oxime groups is 1. The van der Waals surface area contributed by atoms with Crippen LogP contribution in [-0.4, -0.2) is 11.8 Å². The molecule has 2 rings (SSSR count). The van der Waals surface area contributed by atoms with Crippen molar-refractivity contribution in [2.24, 2.45) is 5.16 Å². The fraction of sp³-hybridized carbons (Fsp3) is 0.562. The van der Waals surface area contributed by atoms with E-state index in [4.69, 9.17) is 4.84 Å². The van der Waals surface area contributed by atoms with Gasteiger partial charge in [-0.2, -0.15) is 0 Å². The number of rotatable bonds is 2. The Hall–Kier alpha value is -1.31. The van der Waals surface area contributed by atoms with Gasteiger partial charge in [-0.05, 0) is 43.2 Å². The second-order valence-electron chi connectivity index (χ2n) is 6.31. The van der Waals surface area contributed by atoms with Crippen LogP contribution < -0.4 is 0 Å². The molecule has 1 aromatic rings. The van der Waals surface area contributed by atoms with E-state index in [1.165, 1.54) is 16.7 Å². The average molecular weight is 245 g/mol. The second-order valence-corrected chi connectivity index (χ2v) is 6.31. The van der Waals surface area contributed by atoms with Gasteiger partial charge < -0.3 is 4.84 Å². The van der Waals surface area contributed by atoms with Gasteiger partial charge in [-0.3, -0.25) is 0 Å². The van der Waals surface area contributed by atoms with E-state index in [1.807, 2.05) is 13.8 Å². The van der Waals surface area contributed by atoms with Crippen molar-refractivity contribution < 1.29 is 4.84 Å². The van der Waals surface area contributed by atoms with Gasteiger partial charge in [0.2, 0.25) is 0 Å². The van der Waals surface area contributed by atoms with Crippen LogP contribution in [0.1, 0.15) is 57.7 Å². The van der Waals surface area contributed by atoms with Crippen molar-refractivity contribution in [2.75, 3.05) is 0 Å². The molecule has 0 amide bonds. The monoisotopic (exact) mass is 245 g/mol. The highest BCUT2D eigenvalue weighted by molar-refractivity contribution is 6.04. The van der Waals surface area contributed by atoms with Crippen LogP contribution in [0.15, 0.2) is 23.4 Å². The number of aryl methyl sites for hydroxylation is 1. The zero-order chi connectivity index (χ0) is 13.3. The standard InChI is InChI=1S/C16H23NO/c1-11(2)18-17-15-9-6-12-10-13(16(3,4)5)7-8-14(12)15/h7-8,10-11H,6,9H2,1-5H3/b17-15+. The molecule has 0 bridgehead atoms. The zero-order valence-electron chi connectivity index (χ0n) is 12.1. The molecule has 0 unspecified atom stereocenters. The number of benzene rings is 1. The summed E-state index contributed by atoms with van der Waals surface area (Å²) in [5.41, 5.74) is 5.38. The van der Waals surface area contributed by atoms with Crippen molar-refractivity contribution in [3.8, 4) is 0 Å². The lowest BCUT2D eigenvalue weighted by Gasteiger charge is -2.19. The Kier molecular flexibility index (Phi) is 3.47. The zero-order valence-corrected chi connectivity index (χ0v) is 12.1. The summed E-state index contributed by atoms with van der Waals surface area (Å²) in [5, 5.41) is 4.27. The van der Waals surface area contributed by atoms with Gasteiger partial charge in [-0.1, -0.05) is 44.1 Å². The van der Waals surface area contributed by atoms with Crippen molar-refractivity contribution in [1.82, 2.24) is 0 Å². The summed E-state index contributed by atoms with van der Waals surface area (Å²) >= 11 is 0. The first kappa shape index (κ1) is 13.1. The summed E-state index contributed by atoms with van der Waals surface area (Å²) in [6, 6.07) is 6.74. The lowest BCUT2D eigenvalue weighted by atomic mass is 9.85. The fourth-order valence-electron chi connectivity index (χ4n) is 2.20. The molecule has 0 aliphatic heterocycles. The van der Waals surface area contributed by atoms with Crippen molar-refractivity contribution in [3.05, 3.63) is 34.9 Å². The molecule has 1 aliphatic carbocycles. The van der Waals surface area contributed by atoms with E-state index < -0.39 is 0 Å². The van der Waals surface area contributed by atoms with Gasteiger partial charge >= 0.3 is 0 Å². The molecular formula is C16H23NO. The fourth-order valence-corrected chi connectivity index (χ4v) is 2.20. The molecule has 2 nitrogen and oxygen atoms in total. The van der Waals surface area contributed by atoms with E-state index in [0.29, 0.717) is 0 Å². The molecule has 0 saturated carbocycles. The van der Waals surface area contributed by atoms with Crippen LogP contribution in [0, 0.1) is 0 Å². The van der Waals surface area contributed by atoms with E-state index in [9.17, 15) is 0 Å². The largest absolute Gasteiger partial charge is 0.393 e. The van der Waals surface area contributed by atoms with Crippen molar-refractivity contribution in [1.29, 1.82) is 0 Å². The van der Waals surface area contributed by atoms with Crippen LogP contribution >= 0.6 is 0 Å². The van der Waals surface area contributed by atoms with Crippen LogP contribution in [0.4, 0.5) is 0 Å². The Labute approximate surface area is 110 Å². The van der Waals surface area contributed by atoms with Crippen LogP contribution in [0.2, 0.25) is 0 Å². The van der Waals surface area contributed by atoms with Gasteiger partial charge in [0.25, 0.3) is 0 Å². The minimum Gasteiger partial charge on any atom is -0.393 e. The lowest BCUT2D eigenvalue weighted by Crippen LogP contribution is -2.11. The van der Waals surface area contributed by atoms with Crippen molar-refractivity contribution in [2.45, 2.75) is 59.0 Å². The molecular weight excluding hydrogens is 222 g/mol. The maximum absolute atomic E-state index is 5.37. The van der Waals surface area contributed by atoms with Crippen molar-refractivity contribution >= 4 is 5.71 Å². The number of hydrogen-bond acceptors (Lipinski definition) is 2. The topological polar surface area (TPSA) is 21.6 Å². The molecule has 98 valence electrons. The molecule has 0 fully saturated rings. The summed E-state index contributed by atoms with van der Waals surface area (Å²) < 4.78 is 0. The van der Waals surface area contributed by atoms with Gasteiger partial charge in [0.05, 0.1) is 5.71 Å². The summed E-state index contributed by atoms with van der Waals surface area (Å²) in [7, 11) is 0. The maximum Gasteiger partial charge on any atom is 0.122 e. The summed E-state index contributed by atoms with van der Waals surface area (Å²) in [6.45, 7) is 10.8. The van der Waals surface area contributed by atoms with Gasteiger partial charge in [-0.15, -0.1) is 0 Å². The molecule has 0 atom stereocenters. The molecule has 0 aromatic heterocycles. The highest BCUT2D eigenvalue weighted by atomic mass is 16.6. The molecule has 1 aromatic carbocycles. The van der Waals surface area contributed by atoms with Crippen LogP contribution in [0.25, 0.3) is 0 Å². The molecule has 1 aliphatic rings. The average Bonchev–Trinajstić information content (AvgIpc) is 2.67. The minimum atomic E-state index is 0.149. The summed E-state index contributed by atoms with van der Waals surface area (Å²) in [4.78, 5) is 5.37. The van der Waals surface area contributed by atoms with E-state index in [-0.39, 0.29) is 11.5 Å². The lowest BCUT2D eigenvalue weighted by molar-refractivity contribution is 0.0858. The Bertz CT molecular complexity index is 466. The normalized spacial score (nSPS) is 17.3. The van der Waals surface area contributed by atoms with Crippen LogP contribution in [-0.2, 0) is 16.7 Å². The number of nitrogens with zero attached hydrogens (tertiary/aromatic N) is 1. The molecule has 0 saturated heterocycles. The second kappa shape index (κ2) is 4.75. The van der Waals surface area contributed by atoms with Gasteiger partial charge in [0.1, 0.15) is 6.10 Å². The van der Waals surface area contributed by atoms with Crippen LogP contribution in [0.5, 0.6) is 0 Å². The Morgan fingerprint density at radius 1 is 1.17 bits per heavy atom. The number of hydrogen-bond donors (Lipinski definition) is 0. The first-order valence-corrected chi connectivity index (χ1v) is 6.74. The third-order valence-corrected chi connectivity index (χ3v) is 3.29. The molecule has 2 heteroatoms. The summed E-state index contributed by atoms with van der Waals surface area (Å²) in [6.07, 6.45) is 2.23. The third-order valence-electron chi connectivity index (χ3n) is 3.29. The predicted octanol–water partition coefficient (Wildman–Crippen LogP) is 4.06. The number of fused-ring (bicyclic) bond motifs is 1. The molecule has 0 N–H and O–H groups in total. The minimum absolute atomic E-state index is 0.149. The third kappa shape index (κ3) is 2.74. The molecule has 18 heavy (non-hydrogen) atoms. The van der Waals surface area contributed by atoms with E-state index in [2.05, 4.69) is 44.1 Å². The van der Waals surface area contributed by atoms with Gasteiger partial charge in [0.15, 0.2) is 0 Å².